The number of hydrogen-bond donors (Lipinski definition) is 1. The number of halogens is 1. The Bertz CT molecular complexity index is 817. The Morgan fingerprint density at radius 1 is 1.08 bits per heavy atom. The molecule has 1 atom stereocenters. The smallest absolute Gasteiger partial charge is 0.319 e. The van der Waals surface area contributed by atoms with Gasteiger partial charge >= 0.3 is 6.03 Å². The maximum atomic E-state index is 12.9. The highest BCUT2D eigenvalue weighted by Crippen LogP contribution is 2.31. The van der Waals surface area contributed by atoms with Gasteiger partial charge in [0.05, 0.1) is 6.54 Å². The van der Waals surface area contributed by atoms with Crippen molar-refractivity contribution in [1.29, 1.82) is 0 Å². The first-order valence-corrected chi connectivity index (χ1v) is 8.15. The number of carbonyl (C=O) groups excluding carboxylic acids is 2. The lowest BCUT2D eigenvalue weighted by molar-refractivity contribution is -0.131. The second kappa shape index (κ2) is 5.95. The van der Waals surface area contributed by atoms with E-state index in [2.05, 4.69) is 5.32 Å². The van der Waals surface area contributed by atoms with Crippen LogP contribution in [-0.2, 0) is 16.9 Å². The second-order valence-corrected chi connectivity index (χ2v) is 6.82. The summed E-state index contributed by atoms with van der Waals surface area (Å²) in [6.07, 6.45) is 0. The van der Waals surface area contributed by atoms with Crippen LogP contribution in [0.15, 0.2) is 42.5 Å². The summed E-state index contributed by atoms with van der Waals surface area (Å²) in [5, 5.41) is 3.40. The maximum Gasteiger partial charge on any atom is 0.325 e. The third kappa shape index (κ3) is 2.78. The van der Waals surface area contributed by atoms with Crippen molar-refractivity contribution in [3.8, 4) is 0 Å². The van der Waals surface area contributed by atoms with Gasteiger partial charge in [0.1, 0.15) is 5.54 Å². The molecule has 24 heavy (non-hydrogen) atoms. The zero-order chi connectivity index (χ0) is 17.5. The number of benzene rings is 2. The van der Waals surface area contributed by atoms with Crippen molar-refractivity contribution in [2.24, 2.45) is 0 Å². The van der Waals surface area contributed by atoms with Gasteiger partial charge < -0.3 is 5.32 Å². The summed E-state index contributed by atoms with van der Waals surface area (Å²) in [5.74, 6) is -0.254. The van der Waals surface area contributed by atoms with Gasteiger partial charge in [0.25, 0.3) is 5.91 Å². The van der Waals surface area contributed by atoms with Crippen molar-refractivity contribution in [1.82, 2.24) is 10.2 Å². The lowest BCUT2D eigenvalue weighted by Crippen LogP contribution is -2.40. The summed E-state index contributed by atoms with van der Waals surface area (Å²) in [5.41, 5.74) is 2.77. The molecule has 3 rings (SSSR count). The van der Waals surface area contributed by atoms with E-state index in [4.69, 9.17) is 11.6 Å². The van der Waals surface area contributed by atoms with E-state index >= 15 is 0 Å². The molecule has 1 aliphatic heterocycles. The van der Waals surface area contributed by atoms with E-state index in [9.17, 15) is 9.59 Å². The molecule has 0 aromatic heterocycles. The van der Waals surface area contributed by atoms with Crippen LogP contribution in [0.2, 0.25) is 5.02 Å². The van der Waals surface area contributed by atoms with Crippen LogP contribution in [0, 0.1) is 13.8 Å². The van der Waals surface area contributed by atoms with Gasteiger partial charge in [-0.15, -0.1) is 0 Å². The summed E-state index contributed by atoms with van der Waals surface area (Å²) in [6.45, 7) is 5.96. The van der Waals surface area contributed by atoms with Gasteiger partial charge in [-0.05, 0) is 49.6 Å². The molecule has 0 spiro atoms. The molecule has 0 saturated carbocycles. The van der Waals surface area contributed by atoms with Gasteiger partial charge in [-0.3, -0.25) is 9.69 Å². The van der Waals surface area contributed by atoms with Crippen LogP contribution >= 0.6 is 11.6 Å². The summed E-state index contributed by atoms with van der Waals surface area (Å²) < 4.78 is 0. The van der Waals surface area contributed by atoms with E-state index in [1.807, 2.05) is 32.0 Å². The molecule has 3 amide bonds. The minimum absolute atomic E-state index is 0.254. The molecule has 5 heteroatoms. The number of amides is 3. The second-order valence-electron chi connectivity index (χ2n) is 6.38. The van der Waals surface area contributed by atoms with Gasteiger partial charge in [-0.2, -0.15) is 0 Å². The van der Waals surface area contributed by atoms with Crippen LogP contribution in [0.4, 0.5) is 4.79 Å². The number of nitrogens with one attached hydrogen (secondary N) is 1. The number of nitrogens with zero attached hydrogens (tertiary/aromatic N) is 1. The molecule has 2 aromatic rings. The summed E-state index contributed by atoms with van der Waals surface area (Å²) in [4.78, 5) is 26.6. The van der Waals surface area contributed by atoms with E-state index in [1.165, 1.54) is 4.90 Å². The molecule has 1 saturated heterocycles. The van der Waals surface area contributed by atoms with Gasteiger partial charge in [-0.1, -0.05) is 47.5 Å². The van der Waals surface area contributed by atoms with Crippen LogP contribution < -0.4 is 5.32 Å². The van der Waals surface area contributed by atoms with Gasteiger partial charge in [-0.25, -0.2) is 4.79 Å². The highest BCUT2D eigenvalue weighted by atomic mass is 35.5. The Morgan fingerprint density at radius 2 is 1.75 bits per heavy atom. The molecule has 0 aliphatic carbocycles. The van der Waals surface area contributed by atoms with E-state index in [1.54, 1.807) is 31.2 Å². The van der Waals surface area contributed by atoms with Crippen molar-refractivity contribution in [2.75, 3.05) is 0 Å². The first-order valence-electron chi connectivity index (χ1n) is 7.77. The molecule has 124 valence electrons. The molecule has 0 radical (unpaired) electrons. The molecule has 2 aromatic carbocycles. The van der Waals surface area contributed by atoms with E-state index in [0.717, 1.165) is 16.7 Å². The van der Waals surface area contributed by atoms with Crippen LogP contribution in [-0.4, -0.2) is 16.8 Å². The van der Waals surface area contributed by atoms with Crippen molar-refractivity contribution in [3.63, 3.8) is 0 Å². The highest BCUT2D eigenvalue weighted by molar-refractivity contribution is 6.30. The number of urea groups is 1. The normalized spacial score (nSPS) is 20.4. The van der Waals surface area contributed by atoms with Crippen LogP contribution in [0.1, 0.15) is 29.2 Å². The Morgan fingerprint density at radius 3 is 2.42 bits per heavy atom. The minimum Gasteiger partial charge on any atom is -0.319 e. The lowest BCUT2D eigenvalue weighted by Gasteiger charge is -2.22. The van der Waals surface area contributed by atoms with Gasteiger partial charge in [0.15, 0.2) is 0 Å². The standard InChI is InChI=1S/C19H19ClN2O2/c1-12-4-5-13(2)14(10-12)11-22-17(23)19(3,21-18(22)24)15-6-8-16(20)9-7-15/h4-10H,11H2,1-3H3,(H,21,24). The fourth-order valence-electron chi connectivity index (χ4n) is 2.96. The monoisotopic (exact) mass is 342 g/mol. The SMILES string of the molecule is Cc1ccc(C)c(CN2C(=O)NC(C)(c3ccc(Cl)cc3)C2=O)c1. The molecule has 1 fully saturated rings. The highest BCUT2D eigenvalue weighted by Gasteiger charge is 2.48. The Hall–Kier alpha value is -2.33. The van der Waals surface area contributed by atoms with Crippen molar-refractivity contribution < 1.29 is 9.59 Å². The fourth-order valence-corrected chi connectivity index (χ4v) is 3.09. The van der Waals surface area contributed by atoms with E-state index < -0.39 is 5.54 Å². The third-order valence-electron chi connectivity index (χ3n) is 4.53. The number of hydrogen-bond acceptors (Lipinski definition) is 2. The summed E-state index contributed by atoms with van der Waals surface area (Å²) in [6, 6.07) is 12.6. The Kier molecular flexibility index (Phi) is 4.10. The Balaban J connectivity index is 1.91. The van der Waals surface area contributed by atoms with Gasteiger partial charge in [0.2, 0.25) is 0 Å². The largest absolute Gasteiger partial charge is 0.325 e. The molecule has 1 heterocycles. The predicted octanol–water partition coefficient (Wildman–Crippen LogP) is 3.92. The van der Waals surface area contributed by atoms with Crippen LogP contribution in [0.3, 0.4) is 0 Å². The first-order chi connectivity index (χ1) is 11.3. The molecule has 1 N–H and O–H groups in total. The summed E-state index contributed by atoms with van der Waals surface area (Å²) >= 11 is 5.91. The zero-order valence-corrected chi connectivity index (χ0v) is 14.6. The molecular weight excluding hydrogens is 324 g/mol. The number of imide groups is 1. The van der Waals surface area contributed by atoms with Crippen molar-refractivity contribution in [3.05, 3.63) is 69.7 Å². The van der Waals surface area contributed by atoms with E-state index in [0.29, 0.717) is 10.6 Å². The molecule has 1 unspecified atom stereocenters. The average molecular weight is 343 g/mol. The number of aryl methyl sites for hydroxylation is 2. The number of carbonyl (C=O) groups is 2. The number of rotatable bonds is 3. The Labute approximate surface area is 146 Å². The average Bonchev–Trinajstić information content (AvgIpc) is 2.75. The van der Waals surface area contributed by atoms with Crippen molar-refractivity contribution >= 4 is 23.5 Å². The predicted molar refractivity (Wildman–Crippen MR) is 93.8 cm³/mol. The molecule has 4 nitrogen and oxygen atoms in total. The maximum absolute atomic E-state index is 12.9. The van der Waals surface area contributed by atoms with Crippen LogP contribution in [0.5, 0.6) is 0 Å². The lowest BCUT2D eigenvalue weighted by atomic mass is 9.92. The zero-order valence-electron chi connectivity index (χ0n) is 13.9. The third-order valence-corrected chi connectivity index (χ3v) is 4.78. The van der Waals surface area contributed by atoms with Crippen LogP contribution in [0.25, 0.3) is 0 Å². The minimum atomic E-state index is -1.07. The fraction of sp³-hybridized carbons (Fsp3) is 0.263. The van der Waals surface area contributed by atoms with Gasteiger partial charge in [0, 0.05) is 5.02 Å². The first kappa shape index (κ1) is 16.5. The quantitative estimate of drug-likeness (QED) is 0.859. The van der Waals surface area contributed by atoms with E-state index in [-0.39, 0.29) is 18.5 Å². The summed E-state index contributed by atoms with van der Waals surface area (Å²) in [7, 11) is 0. The van der Waals surface area contributed by atoms with Crippen molar-refractivity contribution in [2.45, 2.75) is 32.9 Å². The molecule has 0 bridgehead atoms. The topological polar surface area (TPSA) is 49.4 Å². The molecular formula is C19H19ClN2O2. The molecule has 1 aliphatic rings.